The fourth-order valence-electron chi connectivity index (χ4n) is 1.79. The highest BCUT2D eigenvalue weighted by Crippen LogP contribution is 2.24. The molecule has 1 N–H and O–H groups in total. The van der Waals surface area contributed by atoms with Crippen molar-refractivity contribution in [2.24, 2.45) is 0 Å². The first-order valence-corrected chi connectivity index (χ1v) is 5.88. The van der Waals surface area contributed by atoms with Gasteiger partial charge in [-0.25, -0.2) is 8.78 Å². The second-order valence-electron chi connectivity index (χ2n) is 4.25. The molecule has 1 rings (SSSR count). The molecule has 0 spiro atoms. The van der Waals surface area contributed by atoms with Gasteiger partial charge in [0.2, 0.25) is 0 Å². The molecule has 1 unspecified atom stereocenters. The molecule has 0 saturated carbocycles. The van der Waals surface area contributed by atoms with Gasteiger partial charge in [-0.3, -0.25) is 0 Å². The maximum atomic E-state index is 13.7. The van der Waals surface area contributed by atoms with Crippen molar-refractivity contribution < 1.29 is 8.78 Å². The summed E-state index contributed by atoms with van der Waals surface area (Å²) in [5.74, 6) is -1.54. The van der Waals surface area contributed by atoms with E-state index in [1.165, 1.54) is 0 Å². The summed E-state index contributed by atoms with van der Waals surface area (Å²) < 4.78 is 26.8. The second-order valence-corrected chi connectivity index (χ2v) is 4.25. The van der Waals surface area contributed by atoms with Crippen molar-refractivity contribution in [2.75, 3.05) is 6.54 Å². The minimum atomic E-state index is -0.791. The number of hydrogen-bond acceptors (Lipinski definition) is 1. The molecule has 1 aromatic rings. The molecule has 3 heteroatoms. The zero-order chi connectivity index (χ0) is 12.8. The van der Waals surface area contributed by atoms with E-state index in [4.69, 9.17) is 0 Å². The Morgan fingerprint density at radius 2 is 2.12 bits per heavy atom. The van der Waals surface area contributed by atoms with Gasteiger partial charge in [0.25, 0.3) is 0 Å². The van der Waals surface area contributed by atoms with E-state index in [0.29, 0.717) is 5.56 Å². The summed E-state index contributed by atoms with van der Waals surface area (Å²) in [6.07, 6.45) is 1.52. The molecule has 0 aliphatic heterocycles. The lowest BCUT2D eigenvalue weighted by Crippen LogP contribution is -2.22. The maximum Gasteiger partial charge on any atom is 0.163 e. The Kier molecular flexibility index (Phi) is 5.29. The van der Waals surface area contributed by atoms with Crippen LogP contribution in [0.3, 0.4) is 0 Å². The summed E-state index contributed by atoms with van der Waals surface area (Å²) in [4.78, 5) is 0. The average molecular weight is 239 g/mol. The number of halogens is 2. The molecule has 0 aliphatic rings. The third kappa shape index (κ3) is 3.93. The quantitative estimate of drug-likeness (QED) is 0.741. The molecule has 0 heterocycles. The summed E-state index contributed by atoms with van der Waals surface area (Å²) in [5, 5.41) is 3.17. The van der Waals surface area contributed by atoms with Crippen molar-refractivity contribution >= 4 is 0 Å². The first-order valence-electron chi connectivity index (χ1n) is 5.88. The van der Waals surface area contributed by atoms with Crippen LogP contribution in [0.1, 0.15) is 38.3 Å². The molecule has 0 bridgehead atoms. The van der Waals surface area contributed by atoms with E-state index in [-0.39, 0.29) is 6.04 Å². The van der Waals surface area contributed by atoms with Gasteiger partial charge in [0.05, 0.1) is 0 Å². The van der Waals surface area contributed by atoms with Crippen molar-refractivity contribution in [3.8, 4) is 0 Å². The highest BCUT2D eigenvalue weighted by Gasteiger charge is 2.16. The maximum absolute atomic E-state index is 13.7. The Morgan fingerprint density at radius 3 is 2.71 bits per heavy atom. The topological polar surface area (TPSA) is 12.0 Å². The summed E-state index contributed by atoms with van der Waals surface area (Å²) >= 11 is 0. The fraction of sp³-hybridized carbons (Fsp3) is 0.429. The molecule has 0 aliphatic carbocycles. The molecule has 1 atom stereocenters. The smallest absolute Gasteiger partial charge is 0.163 e. The Hall–Kier alpha value is -1.22. The van der Waals surface area contributed by atoms with Crippen molar-refractivity contribution in [2.45, 2.75) is 32.7 Å². The Bertz CT molecular complexity index is 388. The molecule has 17 heavy (non-hydrogen) atoms. The van der Waals surface area contributed by atoms with Crippen molar-refractivity contribution in [1.29, 1.82) is 0 Å². The van der Waals surface area contributed by atoms with E-state index < -0.39 is 11.6 Å². The third-order valence-electron chi connectivity index (χ3n) is 2.67. The van der Waals surface area contributed by atoms with Crippen LogP contribution in [0.25, 0.3) is 0 Å². The van der Waals surface area contributed by atoms with Gasteiger partial charge >= 0.3 is 0 Å². The van der Waals surface area contributed by atoms with Crippen LogP contribution in [0.4, 0.5) is 8.78 Å². The number of rotatable bonds is 6. The van der Waals surface area contributed by atoms with Gasteiger partial charge in [0, 0.05) is 11.6 Å². The molecule has 1 nitrogen and oxygen atoms in total. The molecule has 1 aromatic carbocycles. The molecular weight excluding hydrogens is 220 g/mol. The minimum absolute atomic E-state index is 0.160. The Labute approximate surface area is 102 Å². The zero-order valence-electron chi connectivity index (χ0n) is 10.4. The summed E-state index contributed by atoms with van der Waals surface area (Å²) in [7, 11) is 0. The average Bonchev–Trinajstić information content (AvgIpc) is 2.28. The molecule has 0 fully saturated rings. The lowest BCUT2D eigenvalue weighted by molar-refractivity contribution is 0.452. The van der Waals surface area contributed by atoms with Crippen LogP contribution in [-0.2, 0) is 0 Å². The van der Waals surface area contributed by atoms with Crippen LogP contribution in [0.5, 0.6) is 0 Å². The monoisotopic (exact) mass is 239 g/mol. The zero-order valence-corrected chi connectivity index (χ0v) is 10.4. The van der Waals surface area contributed by atoms with Gasteiger partial charge in [-0.15, -0.1) is 6.58 Å². The Morgan fingerprint density at radius 1 is 1.41 bits per heavy atom. The molecule has 0 radical (unpaired) electrons. The number of hydrogen-bond donors (Lipinski definition) is 1. The molecular formula is C14H19F2N. The number of allylic oxidation sites excluding steroid dienone is 1. The first-order chi connectivity index (χ1) is 8.06. The summed E-state index contributed by atoms with van der Waals surface area (Å²) in [6.45, 7) is 8.43. The first kappa shape index (κ1) is 13.8. The minimum Gasteiger partial charge on any atom is -0.310 e. The Balaban J connectivity index is 2.88. The normalized spacial score (nSPS) is 12.5. The van der Waals surface area contributed by atoms with E-state index >= 15 is 0 Å². The van der Waals surface area contributed by atoms with Gasteiger partial charge in [-0.2, -0.15) is 0 Å². The summed E-state index contributed by atoms with van der Waals surface area (Å²) in [5.41, 5.74) is 1.44. The predicted octanol–water partition coefficient (Wildman–Crippen LogP) is 3.97. The van der Waals surface area contributed by atoms with Gasteiger partial charge < -0.3 is 5.32 Å². The van der Waals surface area contributed by atoms with E-state index in [2.05, 4.69) is 11.9 Å². The highest BCUT2D eigenvalue weighted by atomic mass is 19.2. The van der Waals surface area contributed by atoms with Crippen LogP contribution in [0, 0.1) is 11.6 Å². The lowest BCUT2D eigenvalue weighted by atomic mass is 9.99. The summed E-state index contributed by atoms with van der Waals surface area (Å²) in [6, 6.07) is 4.15. The predicted molar refractivity (Wildman–Crippen MR) is 66.8 cm³/mol. The van der Waals surface area contributed by atoms with Crippen LogP contribution in [0.2, 0.25) is 0 Å². The molecule has 94 valence electrons. The fourth-order valence-corrected chi connectivity index (χ4v) is 1.79. The SMILES string of the molecule is C=C(C)CCC(NCC)c1cccc(F)c1F. The van der Waals surface area contributed by atoms with E-state index in [1.807, 2.05) is 13.8 Å². The van der Waals surface area contributed by atoms with Gasteiger partial charge in [0.15, 0.2) is 11.6 Å². The third-order valence-corrected chi connectivity index (χ3v) is 2.67. The van der Waals surface area contributed by atoms with Gasteiger partial charge in [-0.1, -0.05) is 24.6 Å². The van der Waals surface area contributed by atoms with Crippen LogP contribution < -0.4 is 5.32 Å². The van der Waals surface area contributed by atoms with E-state index in [9.17, 15) is 8.78 Å². The van der Waals surface area contributed by atoms with Gasteiger partial charge in [0.1, 0.15) is 0 Å². The standard InChI is InChI=1S/C14H19F2N/c1-4-17-13(9-8-10(2)3)11-6-5-7-12(15)14(11)16/h5-7,13,17H,2,4,8-9H2,1,3H3. The lowest BCUT2D eigenvalue weighted by Gasteiger charge is -2.19. The molecule has 0 saturated heterocycles. The van der Waals surface area contributed by atoms with Crippen LogP contribution >= 0.6 is 0 Å². The van der Waals surface area contributed by atoms with E-state index in [1.54, 1.807) is 12.1 Å². The number of benzene rings is 1. The van der Waals surface area contributed by atoms with Crippen LogP contribution in [0.15, 0.2) is 30.4 Å². The second kappa shape index (κ2) is 6.50. The molecule has 0 aromatic heterocycles. The van der Waals surface area contributed by atoms with Crippen molar-refractivity contribution in [3.05, 3.63) is 47.5 Å². The molecule has 0 amide bonds. The van der Waals surface area contributed by atoms with Crippen LogP contribution in [-0.4, -0.2) is 6.54 Å². The van der Waals surface area contributed by atoms with Crippen molar-refractivity contribution in [1.82, 2.24) is 5.32 Å². The highest BCUT2D eigenvalue weighted by molar-refractivity contribution is 5.22. The van der Waals surface area contributed by atoms with Gasteiger partial charge in [-0.05, 0) is 32.4 Å². The largest absolute Gasteiger partial charge is 0.310 e. The number of nitrogens with one attached hydrogen (secondary N) is 1. The van der Waals surface area contributed by atoms with E-state index in [0.717, 1.165) is 31.0 Å². The van der Waals surface area contributed by atoms with Crippen molar-refractivity contribution in [3.63, 3.8) is 0 Å².